The molecule has 3 nitrogen and oxygen atoms in total. The van der Waals surface area contributed by atoms with E-state index >= 15 is 0 Å². The Hall–Kier alpha value is -1.26. The molecule has 1 heterocycles. The molecule has 0 amide bonds. The first kappa shape index (κ1) is 15.1. The fourth-order valence-electron chi connectivity index (χ4n) is 2.60. The van der Waals surface area contributed by atoms with Crippen LogP contribution in [0.2, 0.25) is 0 Å². The van der Waals surface area contributed by atoms with Crippen LogP contribution in [0.1, 0.15) is 29.8 Å². The zero-order valence-electron chi connectivity index (χ0n) is 12.4. The second kappa shape index (κ2) is 6.46. The Morgan fingerprint density at radius 1 is 1.20 bits per heavy atom. The summed E-state index contributed by atoms with van der Waals surface area (Å²) in [6.07, 6.45) is 0. The third-order valence-corrected chi connectivity index (χ3v) is 3.91. The summed E-state index contributed by atoms with van der Waals surface area (Å²) in [5.74, 6) is 1.21. The van der Waals surface area contributed by atoms with Crippen molar-refractivity contribution >= 4 is 15.9 Å². The van der Waals surface area contributed by atoms with E-state index in [0.717, 1.165) is 33.8 Å². The first-order valence-electron chi connectivity index (χ1n) is 6.78. The molecule has 2 rings (SSSR count). The molecular weight excluding hydrogens is 314 g/mol. The molecule has 0 aliphatic rings. The number of rotatable bonds is 4. The van der Waals surface area contributed by atoms with Gasteiger partial charge in [-0.3, -0.25) is 0 Å². The topological polar surface area (TPSA) is 37.8 Å². The Balaban J connectivity index is 2.45. The number of likely N-dealkylation sites (N-methyl/N-ethyl adjacent to an activating group) is 1. The van der Waals surface area contributed by atoms with Crippen LogP contribution in [0.15, 0.2) is 28.7 Å². The third kappa shape index (κ3) is 3.25. The SMILES string of the molecule is CNCC(C)c1c(C)nc(-c2cccc(Br)c2)nc1C. The zero-order chi connectivity index (χ0) is 14.7. The molecule has 1 unspecified atom stereocenters. The Morgan fingerprint density at radius 3 is 2.40 bits per heavy atom. The van der Waals surface area contributed by atoms with Crippen molar-refractivity contribution < 1.29 is 0 Å². The normalized spacial score (nSPS) is 12.4. The van der Waals surface area contributed by atoms with Gasteiger partial charge in [0.15, 0.2) is 5.82 Å². The van der Waals surface area contributed by atoms with Gasteiger partial charge in [-0.1, -0.05) is 35.0 Å². The van der Waals surface area contributed by atoms with Gasteiger partial charge in [-0.15, -0.1) is 0 Å². The summed E-state index contributed by atoms with van der Waals surface area (Å²) in [4.78, 5) is 9.38. The van der Waals surface area contributed by atoms with Crippen LogP contribution in [0.25, 0.3) is 11.4 Å². The molecule has 1 N–H and O–H groups in total. The molecule has 106 valence electrons. The molecule has 1 aromatic heterocycles. The lowest BCUT2D eigenvalue weighted by Crippen LogP contribution is -2.17. The van der Waals surface area contributed by atoms with E-state index in [1.807, 2.05) is 31.3 Å². The van der Waals surface area contributed by atoms with Crippen molar-refractivity contribution in [3.8, 4) is 11.4 Å². The van der Waals surface area contributed by atoms with Crippen LogP contribution in [0.3, 0.4) is 0 Å². The Labute approximate surface area is 129 Å². The van der Waals surface area contributed by atoms with Gasteiger partial charge in [-0.2, -0.15) is 0 Å². The number of halogens is 1. The van der Waals surface area contributed by atoms with E-state index in [2.05, 4.69) is 52.0 Å². The number of hydrogen-bond donors (Lipinski definition) is 1. The molecule has 1 atom stereocenters. The van der Waals surface area contributed by atoms with E-state index in [0.29, 0.717) is 5.92 Å². The quantitative estimate of drug-likeness (QED) is 0.923. The molecule has 0 saturated heterocycles. The maximum absolute atomic E-state index is 4.69. The molecule has 20 heavy (non-hydrogen) atoms. The predicted octanol–water partition coefficient (Wildman–Crippen LogP) is 3.85. The van der Waals surface area contributed by atoms with E-state index in [1.165, 1.54) is 5.56 Å². The second-order valence-corrected chi connectivity index (χ2v) is 6.02. The van der Waals surface area contributed by atoms with Crippen molar-refractivity contribution in [2.45, 2.75) is 26.7 Å². The first-order chi connectivity index (χ1) is 9.52. The number of hydrogen-bond acceptors (Lipinski definition) is 3. The van der Waals surface area contributed by atoms with Gasteiger partial charge in [0.1, 0.15) is 0 Å². The zero-order valence-corrected chi connectivity index (χ0v) is 14.0. The van der Waals surface area contributed by atoms with E-state index < -0.39 is 0 Å². The van der Waals surface area contributed by atoms with E-state index in [1.54, 1.807) is 0 Å². The lowest BCUT2D eigenvalue weighted by atomic mass is 9.98. The van der Waals surface area contributed by atoms with E-state index in [4.69, 9.17) is 0 Å². The summed E-state index contributed by atoms with van der Waals surface area (Å²) in [6, 6.07) is 8.10. The summed E-state index contributed by atoms with van der Waals surface area (Å²) in [5.41, 5.74) is 4.42. The average Bonchev–Trinajstić information content (AvgIpc) is 2.38. The van der Waals surface area contributed by atoms with Gasteiger partial charge in [0, 0.05) is 28.0 Å². The monoisotopic (exact) mass is 333 g/mol. The highest BCUT2D eigenvalue weighted by Crippen LogP contribution is 2.25. The van der Waals surface area contributed by atoms with E-state index in [9.17, 15) is 0 Å². The summed E-state index contributed by atoms with van der Waals surface area (Å²) in [6.45, 7) is 7.27. The number of aromatic nitrogens is 2. The standard InChI is InChI=1S/C16H20BrN3/c1-10(9-18-4)15-11(2)19-16(20-12(15)3)13-6-5-7-14(17)8-13/h5-8,10,18H,9H2,1-4H3. The Kier molecular flexibility index (Phi) is 4.89. The third-order valence-electron chi connectivity index (χ3n) is 3.41. The van der Waals surface area contributed by atoms with Crippen LogP contribution in [0.5, 0.6) is 0 Å². The summed E-state index contributed by atoms with van der Waals surface area (Å²) >= 11 is 3.49. The molecule has 0 radical (unpaired) electrons. The minimum absolute atomic E-state index is 0.413. The molecule has 1 aromatic carbocycles. The minimum Gasteiger partial charge on any atom is -0.319 e. The summed E-state index contributed by atoms with van der Waals surface area (Å²) in [7, 11) is 1.97. The van der Waals surface area contributed by atoms with Crippen LogP contribution in [0.4, 0.5) is 0 Å². The van der Waals surface area contributed by atoms with Gasteiger partial charge < -0.3 is 5.32 Å². The van der Waals surface area contributed by atoms with Gasteiger partial charge in [0.05, 0.1) is 0 Å². The van der Waals surface area contributed by atoms with Crippen LogP contribution in [-0.4, -0.2) is 23.6 Å². The highest BCUT2D eigenvalue weighted by Gasteiger charge is 2.15. The predicted molar refractivity (Wildman–Crippen MR) is 87.0 cm³/mol. The smallest absolute Gasteiger partial charge is 0.159 e. The molecule has 0 bridgehead atoms. The summed E-state index contributed by atoms with van der Waals surface area (Å²) < 4.78 is 1.04. The maximum atomic E-state index is 4.69. The second-order valence-electron chi connectivity index (χ2n) is 5.10. The van der Waals surface area contributed by atoms with Crippen molar-refractivity contribution in [3.63, 3.8) is 0 Å². The van der Waals surface area contributed by atoms with Crippen LogP contribution < -0.4 is 5.32 Å². The molecule has 0 spiro atoms. The number of nitrogens with zero attached hydrogens (tertiary/aromatic N) is 2. The number of nitrogens with one attached hydrogen (secondary N) is 1. The molecule has 0 saturated carbocycles. The molecule has 0 aliphatic heterocycles. The fraction of sp³-hybridized carbons (Fsp3) is 0.375. The van der Waals surface area contributed by atoms with E-state index in [-0.39, 0.29) is 0 Å². The van der Waals surface area contributed by atoms with Gasteiger partial charge >= 0.3 is 0 Å². The Bertz CT molecular complexity index is 587. The van der Waals surface area contributed by atoms with Crippen molar-refractivity contribution in [1.82, 2.24) is 15.3 Å². The molecule has 4 heteroatoms. The lowest BCUT2D eigenvalue weighted by Gasteiger charge is -2.17. The van der Waals surface area contributed by atoms with Gasteiger partial charge in [0.25, 0.3) is 0 Å². The molecule has 2 aromatic rings. The van der Waals surface area contributed by atoms with Crippen LogP contribution in [-0.2, 0) is 0 Å². The van der Waals surface area contributed by atoms with Crippen molar-refractivity contribution in [2.75, 3.05) is 13.6 Å². The van der Waals surface area contributed by atoms with Gasteiger partial charge in [-0.25, -0.2) is 9.97 Å². The van der Waals surface area contributed by atoms with Crippen molar-refractivity contribution in [3.05, 3.63) is 45.7 Å². The van der Waals surface area contributed by atoms with Crippen LogP contribution in [0, 0.1) is 13.8 Å². The first-order valence-corrected chi connectivity index (χ1v) is 7.58. The van der Waals surface area contributed by atoms with Crippen LogP contribution >= 0.6 is 15.9 Å². The Morgan fingerprint density at radius 2 is 1.85 bits per heavy atom. The fourth-order valence-corrected chi connectivity index (χ4v) is 3.00. The highest BCUT2D eigenvalue weighted by atomic mass is 79.9. The van der Waals surface area contributed by atoms with Gasteiger partial charge in [-0.05, 0) is 44.5 Å². The van der Waals surface area contributed by atoms with Gasteiger partial charge in [0.2, 0.25) is 0 Å². The largest absolute Gasteiger partial charge is 0.319 e. The summed E-state index contributed by atoms with van der Waals surface area (Å²) in [5, 5.41) is 3.21. The maximum Gasteiger partial charge on any atom is 0.159 e. The number of aryl methyl sites for hydroxylation is 2. The lowest BCUT2D eigenvalue weighted by molar-refractivity contribution is 0.663. The average molecular weight is 334 g/mol. The highest BCUT2D eigenvalue weighted by molar-refractivity contribution is 9.10. The molecule has 0 fully saturated rings. The minimum atomic E-state index is 0.413. The molecular formula is C16H20BrN3. The number of benzene rings is 1. The van der Waals surface area contributed by atoms with Crippen molar-refractivity contribution in [1.29, 1.82) is 0 Å². The van der Waals surface area contributed by atoms with Crippen molar-refractivity contribution in [2.24, 2.45) is 0 Å². The molecule has 0 aliphatic carbocycles.